The molecule has 0 atom stereocenters. The lowest BCUT2D eigenvalue weighted by Crippen LogP contribution is -2.20. The predicted molar refractivity (Wildman–Crippen MR) is 120 cm³/mol. The number of amides is 2. The Balaban J connectivity index is 1.55. The molecule has 2 N–H and O–H groups in total. The molecule has 0 aromatic heterocycles. The summed E-state index contributed by atoms with van der Waals surface area (Å²) in [6, 6.07) is 17.4. The van der Waals surface area contributed by atoms with Gasteiger partial charge in [-0.2, -0.15) is 5.10 Å². The number of carbonyl (C=O) groups excluding carboxylic acids is 2. The summed E-state index contributed by atoms with van der Waals surface area (Å²) in [6.45, 7) is -0.351. The summed E-state index contributed by atoms with van der Waals surface area (Å²) >= 11 is 6.19. The fourth-order valence-corrected chi connectivity index (χ4v) is 2.91. The van der Waals surface area contributed by atoms with E-state index in [0.29, 0.717) is 16.9 Å². The van der Waals surface area contributed by atoms with Crippen LogP contribution < -0.4 is 20.2 Å². The highest BCUT2D eigenvalue weighted by molar-refractivity contribution is 6.32. The molecule has 0 radical (unpaired) electrons. The van der Waals surface area contributed by atoms with Crippen molar-refractivity contribution in [1.82, 2.24) is 5.43 Å². The average Bonchev–Trinajstić information content (AvgIpc) is 2.80. The number of hydrogen-bond acceptors (Lipinski definition) is 5. The Morgan fingerprint density at radius 3 is 2.56 bits per heavy atom. The Labute approximate surface area is 188 Å². The number of para-hydroxylation sites is 2. The molecule has 3 aromatic rings. The van der Waals surface area contributed by atoms with Crippen molar-refractivity contribution in [2.45, 2.75) is 0 Å². The lowest BCUT2D eigenvalue weighted by molar-refractivity contribution is -0.118. The number of hydrogen-bond donors (Lipinski definition) is 2. The maximum absolute atomic E-state index is 13.6. The number of methoxy groups -OCH3 is 1. The molecule has 164 valence electrons. The molecule has 0 heterocycles. The van der Waals surface area contributed by atoms with Gasteiger partial charge in [-0.3, -0.25) is 9.59 Å². The highest BCUT2D eigenvalue weighted by atomic mass is 35.5. The summed E-state index contributed by atoms with van der Waals surface area (Å²) in [5.41, 5.74) is 3.43. The number of rotatable bonds is 8. The Morgan fingerprint density at radius 2 is 1.81 bits per heavy atom. The third kappa shape index (κ3) is 6.05. The van der Waals surface area contributed by atoms with E-state index in [9.17, 15) is 14.0 Å². The summed E-state index contributed by atoms with van der Waals surface area (Å²) < 4.78 is 24.1. The normalized spacial score (nSPS) is 10.6. The van der Waals surface area contributed by atoms with Crippen molar-refractivity contribution in [3.8, 4) is 11.5 Å². The van der Waals surface area contributed by atoms with Crippen molar-refractivity contribution in [2.75, 3.05) is 19.0 Å². The van der Waals surface area contributed by atoms with Crippen molar-refractivity contribution in [3.63, 3.8) is 0 Å². The van der Waals surface area contributed by atoms with Crippen LogP contribution in [0.5, 0.6) is 11.5 Å². The minimum Gasteiger partial charge on any atom is -0.496 e. The summed E-state index contributed by atoms with van der Waals surface area (Å²) in [7, 11) is 1.48. The number of nitrogens with zero attached hydrogens (tertiary/aromatic N) is 1. The van der Waals surface area contributed by atoms with Gasteiger partial charge >= 0.3 is 0 Å². The molecule has 0 aliphatic rings. The minimum absolute atomic E-state index is 0.0638. The van der Waals surface area contributed by atoms with Crippen molar-refractivity contribution in [1.29, 1.82) is 0 Å². The molecule has 0 saturated carbocycles. The van der Waals surface area contributed by atoms with E-state index in [4.69, 9.17) is 21.1 Å². The number of ether oxygens (including phenoxy) is 2. The molecular weight excluding hydrogens is 437 g/mol. The first-order chi connectivity index (χ1) is 15.5. The molecule has 32 heavy (non-hydrogen) atoms. The maximum Gasteiger partial charge on any atom is 0.275 e. The van der Waals surface area contributed by atoms with Gasteiger partial charge in [-0.15, -0.1) is 0 Å². The smallest absolute Gasteiger partial charge is 0.275 e. The fraction of sp³-hybridized carbons (Fsp3) is 0.0870. The van der Waals surface area contributed by atoms with Crippen LogP contribution in [0.25, 0.3) is 0 Å². The van der Waals surface area contributed by atoms with Crippen LogP contribution in [0.2, 0.25) is 5.02 Å². The largest absolute Gasteiger partial charge is 0.496 e. The lowest BCUT2D eigenvalue weighted by Gasteiger charge is -2.10. The molecule has 0 unspecified atom stereocenters. The monoisotopic (exact) mass is 455 g/mol. The molecule has 0 fully saturated rings. The zero-order valence-electron chi connectivity index (χ0n) is 17.0. The average molecular weight is 456 g/mol. The van der Waals surface area contributed by atoms with Crippen LogP contribution in [-0.4, -0.2) is 31.7 Å². The standard InChI is InChI=1S/C23H19ClFN3O4/c1-31-20-9-5-2-6-16(20)23(30)28-26-13-15-10-11-21(17(24)12-15)32-14-22(29)27-19-8-4-3-7-18(19)25/h2-13H,14H2,1H3,(H,27,29)(H,28,30)/b26-13-. The van der Waals surface area contributed by atoms with Crippen LogP contribution in [0.15, 0.2) is 71.8 Å². The summed E-state index contributed by atoms with van der Waals surface area (Å²) in [5, 5.41) is 6.57. The molecule has 2 amide bonds. The van der Waals surface area contributed by atoms with Crippen molar-refractivity contribution in [2.24, 2.45) is 5.10 Å². The first-order valence-electron chi connectivity index (χ1n) is 9.41. The van der Waals surface area contributed by atoms with Crippen LogP contribution in [-0.2, 0) is 4.79 Å². The van der Waals surface area contributed by atoms with E-state index in [2.05, 4.69) is 15.8 Å². The van der Waals surface area contributed by atoms with Crippen molar-refractivity contribution in [3.05, 3.63) is 88.7 Å². The topological polar surface area (TPSA) is 89.0 Å². The number of anilines is 1. The van der Waals surface area contributed by atoms with E-state index >= 15 is 0 Å². The second kappa shape index (κ2) is 10.9. The zero-order chi connectivity index (χ0) is 22.9. The first-order valence-corrected chi connectivity index (χ1v) is 9.79. The molecule has 9 heteroatoms. The van der Waals surface area contributed by atoms with Gasteiger partial charge in [0.05, 0.1) is 29.6 Å². The van der Waals surface area contributed by atoms with Crippen LogP contribution in [0.1, 0.15) is 15.9 Å². The van der Waals surface area contributed by atoms with Crippen LogP contribution >= 0.6 is 11.6 Å². The highest BCUT2D eigenvalue weighted by Crippen LogP contribution is 2.25. The quantitative estimate of drug-likeness (QED) is 0.392. The van der Waals surface area contributed by atoms with Gasteiger partial charge in [-0.1, -0.05) is 35.9 Å². The van der Waals surface area contributed by atoms with E-state index in [1.807, 2.05) is 0 Å². The van der Waals surface area contributed by atoms with E-state index in [0.717, 1.165) is 0 Å². The van der Waals surface area contributed by atoms with E-state index in [1.54, 1.807) is 48.5 Å². The van der Waals surface area contributed by atoms with Crippen LogP contribution in [0.4, 0.5) is 10.1 Å². The Kier molecular flexibility index (Phi) is 7.77. The third-order valence-corrected chi connectivity index (χ3v) is 4.49. The van der Waals surface area contributed by atoms with E-state index in [1.165, 1.54) is 31.5 Å². The highest BCUT2D eigenvalue weighted by Gasteiger charge is 2.11. The fourth-order valence-electron chi connectivity index (χ4n) is 2.66. The van der Waals surface area contributed by atoms with Crippen molar-refractivity contribution < 1.29 is 23.5 Å². The molecule has 3 aromatic carbocycles. The number of halogens is 2. The van der Waals surface area contributed by atoms with Gasteiger partial charge in [-0.05, 0) is 48.0 Å². The van der Waals surface area contributed by atoms with E-state index < -0.39 is 17.6 Å². The number of carbonyl (C=O) groups is 2. The van der Waals surface area contributed by atoms with Gasteiger partial charge in [0.25, 0.3) is 11.8 Å². The number of hydrazone groups is 1. The molecule has 0 aliphatic carbocycles. The Morgan fingerprint density at radius 1 is 1.06 bits per heavy atom. The predicted octanol–water partition coefficient (Wildman–Crippen LogP) is 4.27. The van der Waals surface area contributed by atoms with Gasteiger partial charge in [-0.25, -0.2) is 9.82 Å². The SMILES string of the molecule is COc1ccccc1C(=O)N/N=C\c1ccc(OCC(=O)Nc2ccccc2F)c(Cl)c1. The van der Waals surface area contributed by atoms with E-state index in [-0.39, 0.29) is 23.1 Å². The van der Waals surface area contributed by atoms with Crippen LogP contribution in [0.3, 0.4) is 0 Å². The summed E-state index contributed by atoms with van der Waals surface area (Å²) in [6.07, 6.45) is 1.41. The van der Waals surface area contributed by atoms with Crippen LogP contribution in [0, 0.1) is 5.82 Å². The molecule has 0 aliphatic heterocycles. The van der Waals surface area contributed by atoms with Gasteiger partial charge in [0.1, 0.15) is 17.3 Å². The maximum atomic E-state index is 13.6. The Hall–Kier alpha value is -3.91. The summed E-state index contributed by atoms with van der Waals surface area (Å²) in [4.78, 5) is 24.2. The summed E-state index contributed by atoms with van der Waals surface area (Å²) in [5.74, 6) is -0.795. The molecule has 7 nitrogen and oxygen atoms in total. The minimum atomic E-state index is -0.541. The van der Waals surface area contributed by atoms with Gasteiger partial charge in [0, 0.05) is 0 Å². The first kappa shape index (κ1) is 22.8. The second-order valence-corrected chi connectivity index (χ2v) is 6.81. The van der Waals surface area contributed by atoms with Gasteiger partial charge < -0.3 is 14.8 Å². The number of benzene rings is 3. The molecule has 0 saturated heterocycles. The van der Waals surface area contributed by atoms with Crippen molar-refractivity contribution >= 4 is 35.3 Å². The molecular formula is C23H19ClFN3O4. The molecule has 0 spiro atoms. The zero-order valence-corrected chi connectivity index (χ0v) is 17.7. The number of nitrogens with one attached hydrogen (secondary N) is 2. The van der Waals surface area contributed by atoms with Gasteiger partial charge in [0.15, 0.2) is 6.61 Å². The lowest BCUT2D eigenvalue weighted by atomic mass is 10.2. The Bertz CT molecular complexity index is 1150. The van der Waals surface area contributed by atoms with Gasteiger partial charge in [0.2, 0.25) is 0 Å². The molecule has 3 rings (SSSR count). The third-order valence-electron chi connectivity index (χ3n) is 4.19. The second-order valence-electron chi connectivity index (χ2n) is 6.41. The molecule has 0 bridgehead atoms.